The van der Waals surface area contributed by atoms with Crippen molar-refractivity contribution in [2.75, 3.05) is 6.16 Å². The highest BCUT2D eigenvalue weighted by molar-refractivity contribution is 7.84. The van der Waals surface area contributed by atoms with Crippen molar-refractivity contribution in [3.05, 3.63) is 89.4 Å². The van der Waals surface area contributed by atoms with Crippen molar-refractivity contribution in [1.29, 1.82) is 5.26 Å². The number of hydrogen-bond donors (Lipinski definition) is 1. The normalized spacial score (nSPS) is 24.6. The second-order valence-corrected chi connectivity index (χ2v) is 14.6. The molecule has 1 heterocycles. The van der Waals surface area contributed by atoms with Crippen LogP contribution < -0.4 is 11.0 Å². The Kier molecular flexibility index (Phi) is 8.67. The summed E-state index contributed by atoms with van der Waals surface area (Å²) in [5.41, 5.74) is 11.0. The molecule has 204 valence electrons. The average molecular weight is 541 g/mol. The number of benzene rings is 2. The maximum absolute atomic E-state index is 10.0. The Morgan fingerprint density at radius 1 is 1.18 bits per heavy atom. The van der Waals surface area contributed by atoms with Crippen molar-refractivity contribution in [2.24, 2.45) is 27.6 Å². The molecule has 4 rings (SSSR count). The highest BCUT2D eigenvalue weighted by atomic mass is 31.2. The summed E-state index contributed by atoms with van der Waals surface area (Å²) >= 11 is 0. The average Bonchev–Trinajstić information content (AvgIpc) is 2.90. The predicted molar refractivity (Wildman–Crippen MR) is 167 cm³/mol. The number of hydrogen-bond acceptors (Lipinski definition) is 5. The number of nitriles is 1. The molecular formula is C33H41N4OP. The zero-order chi connectivity index (χ0) is 28.2. The van der Waals surface area contributed by atoms with E-state index in [1.807, 2.05) is 13.8 Å². The molecule has 5 nitrogen and oxygen atoms in total. The van der Waals surface area contributed by atoms with Gasteiger partial charge in [0.15, 0.2) is 0 Å². The topological polar surface area (TPSA) is 83.8 Å². The molecule has 2 aromatic rings. The lowest BCUT2D eigenvalue weighted by Crippen LogP contribution is -2.42. The van der Waals surface area contributed by atoms with Gasteiger partial charge in [-0.25, -0.2) is 9.98 Å². The first-order valence-electron chi connectivity index (χ1n) is 13.8. The van der Waals surface area contributed by atoms with Crippen LogP contribution in [0.5, 0.6) is 0 Å². The fourth-order valence-corrected chi connectivity index (χ4v) is 8.24. The summed E-state index contributed by atoms with van der Waals surface area (Å²) in [7, 11) is 0. The number of nitrogens with zero attached hydrogens (tertiary/aromatic N) is 3. The SMILES string of the molecule is C=C/N=C1/OC(C)(C)C(c2ccc(C[C@H]3CC[C@H](CP(=C)(C#N)c4cccc(C)c4)CC3)cc2)=N/C1=C(/C)N. The van der Waals surface area contributed by atoms with Gasteiger partial charge in [-0.2, -0.15) is 5.26 Å². The lowest BCUT2D eigenvalue weighted by molar-refractivity contribution is 0.164. The Morgan fingerprint density at radius 3 is 2.44 bits per heavy atom. The van der Waals surface area contributed by atoms with Crippen molar-refractivity contribution in [1.82, 2.24) is 0 Å². The summed E-state index contributed by atoms with van der Waals surface area (Å²) in [6.45, 7) is 9.53. The van der Waals surface area contributed by atoms with Crippen LogP contribution in [-0.4, -0.2) is 29.7 Å². The van der Waals surface area contributed by atoms with Gasteiger partial charge in [0, 0.05) is 24.3 Å². The van der Waals surface area contributed by atoms with E-state index in [-0.39, 0.29) is 0 Å². The molecule has 0 amide bonds. The van der Waals surface area contributed by atoms with Crippen molar-refractivity contribution < 1.29 is 4.74 Å². The largest absolute Gasteiger partial charge is 0.464 e. The summed E-state index contributed by atoms with van der Waals surface area (Å²) in [6.07, 6.45) is 12.7. The number of aliphatic imine (C=N–C) groups is 2. The Hall–Kier alpha value is -3.35. The second kappa shape index (κ2) is 11.8. The molecule has 1 saturated carbocycles. The molecule has 0 bridgehead atoms. The van der Waals surface area contributed by atoms with Crippen LogP contribution in [0.15, 0.2) is 82.7 Å². The first kappa shape index (κ1) is 28.7. The summed E-state index contributed by atoms with van der Waals surface area (Å²) < 4.78 is 6.18. The molecule has 0 aromatic heterocycles. The molecule has 2 aromatic carbocycles. The van der Waals surface area contributed by atoms with Gasteiger partial charge in [0.1, 0.15) is 11.3 Å². The predicted octanol–water partition coefficient (Wildman–Crippen LogP) is 6.93. The Labute approximate surface area is 234 Å². The minimum atomic E-state index is -2.02. The molecule has 6 heteroatoms. The van der Waals surface area contributed by atoms with E-state index in [4.69, 9.17) is 15.5 Å². The highest BCUT2D eigenvalue weighted by Gasteiger charge is 2.36. The van der Waals surface area contributed by atoms with Gasteiger partial charge in [0.05, 0.1) is 11.5 Å². The maximum Gasteiger partial charge on any atom is 0.242 e. The van der Waals surface area contributed by atoms with Gasteiger partial charge < -0.3 is 10.5 Å². The van der Waals surface area contributed by atoms with Gasteiger partial charge in [0.25, 0.3) is 0 Å². The number of nitrogens with two attached hydrogens (primary N) is 1. The Balaban J connectivity index is 1.40. The fourth-order valence-electron chi connectivity index (χ4n) is 5.76. The van der Waals surface area contributed by atoms with Crippen LogP contribution in [0.1, 0.15) is 63.1 Å². The smallest absolute Gasteiger partial charge is 0.242 e. The second-order valence-electron chi connectivity index (χ2n) is 11.6. The third-order valence-electron chi connectivity index (χ3n) is 7.91. The van der Waals surface area contributed by atoms with Crippen LogP contribution in [0.2, 0.25) is 0 Å². The number of allylic oxidation sites excluding steroid dienone is 1. The summed E-state index contributed by atoms with van der Waals surface area (Å²) in [5.74, 6) is 4.30. The van der Waals surface area contributed by atoms with E-state index >= 15 is 0 Å². The van der Waals surface area contributed by atoms with Crippen LogP contribution >= 0.6 is 6.89 Å². The van der Waals surface area contributed by atoms with Gasteiger partial charge in [-0.3, -0.25) is 0 Å². The van der Waals surface area contributed by atoms with Crippen molar-refractivity contribution in [3.8, 4) is 5.81 Å². The molecule has 2 aliphatic rings. The van der Waals surface area contributed by atoms with E-state index in [1.165, 1.54) is 43.0 Å². The van der Waals surface area contributed by atoms with E-state index in [2.05, 4.69) is 79.1 Å². The third-order valence-corrected chi connectivity index (χ3v) is 10.7. The van der Waals surface area contributed by atoms with E-state index < -0.39 is 12.5 Å². The van der Waals surface area contributed by atoms with Gasteiger partial charge >= 0.3 is 0 Å². The van der Waals surface area contributed by atoms with Gasteiger partial charge in [-0.15, -0.1) is 0 Å². The van der Waals surface area contributed by atoms with E-state index in [1.54, 1.807) is 6.92 Å². The van der Waals surface area contributed by atoms with E-state index in [0.717, 1.165) is 29.2 Å². The first-order valence-corrected chi connectivity index (χ1v) is 15.9. The van der Waals surface area contributed by atoms with Crippen molar-refractivity contribution >= 4 is 30.1 Å². The van der Waals surface area contributed by atoms with Crippen molar-refractivity contribution in [3.63, 3.8) is 0 Å². The fraction of sp³-hybridized carbons (Fsp3) is 0.394. The molecule has 1 unspecified atom stereocenters. The molecule has 1 fully saturated rings. The lowest BCUT2D eigenvalue weighted by atomic mass is 9.80. The van der Waals surface area contributed by atoms with Gasteiger partial charge in [-0.1, -0.05) is 67.0 Å². The molecule has 1 atom stereocenters. The summed E-state index contributed by atoms with van der Waals surface area (Å²) in [5, 5.41) is 11.2. The van der Waals surface area contributed by atoms with Crippen LogP contribution in [0, 0.1) is 29.8 Å². The van der Waals surface area contributed by atoms with Crippen LogP contribution in [-0.2, 0) is 11.2 Å². The van der Waals surface area contributed by atoms with Crippen LogP contribution in [0.4, 0.5) is 0 Å². The quantitative estimate of drug-likeness (QED) is 0.387. The minimum absolute atomic E-state index is 0.401. The monoisotopic (exact) mass is 540 g/mol. The maximum atomic E-state index is 10.0. The highest BCUT2D eigenvalue weighted by Crippen LogP contribution is 2.47. The molecule has 1 aliphatic heterocycles. The number of rotatable bonds is 7. The van der Waals surface area contributed by atoms with Crippen molar-refractivity contribution in [2.45, 2.75) is 65.4 Å². The standard InChI is InChI=1S/C33H41N4OP/c1-7-36-32-30(24(3)35)37-31(33(4,5)38-32)28-17-15-26(16-18-28)20-25-11-13-27(14-12-25)21-39(6,22-34)29-10-8-9-23(2)19-29/h7-10,15-19,25,27H,1,6,11-14,20-21,35H2,2-5H3/b30-24-,36-32+/t25-,27-,39?. The van der Waals surface area contributed by atoms with Crippen LogP contribution in [0.3, 0.4) is 0 Å². The summed E-state index contributed by atoms with van der Waals surface area (Å²) in [4.78, 5) is 9.10. The lowest BCUT2D eigenvalue weighted by Gasteiger charge is -2.33. The summed E-state index contributed by atoms with van der Waals surface area (Å²) in [6, 6.07) is 17.1. The minimum Gasteiger partial charge on any atom is -0.464 e. The molecule has 0 saturated heterocycles. The number of aryl methyl sites for hydroxylation is 1. The first-order chi connectivity index (χ1) is 18.5. The Morgan fingerprint density at radius 2 is 1.85 bits per heavy atom. The zero-order valence-corrected chi connectivity index (χ0v) is 24.7. The third kappa shape index (κ3) is 6.63. The molecular weight excluding hydrogens is 499 g/mol. The molecule has 39 heavy (non-hydrogen) atoms. The van der Waals surface area contributed by atoms with Gasteiger partial charge in [-0.05, 0) is 88.7 Å². The van der Waals surface area contributed by atoms with E-state index in [0.29, 0.717) is 29.1 Å². The van der Waals surface area contributed by atoms with E-state index in [9.17, 15) is 5.26 Å². The molecule has 0 spiro atoms. The molecule has 0 radical (unpaired) electrons. The molecule has 1 aliphatic carbocycles. The molecule has 2 N–H and O–H groups in total. The Bertz CT molecular complexity index is 1400. The zero-order valence-electron chi connectivity index (χ0n) is 23.8. The van der Waals surface area contributed by atoms with Crippen LogP contribution in [0.25, 0.3) is 0 Å². The van der Waals surface area contributed by atoms with Gasteiger partial charge in [0.2, 0.25) is 5.90 Å². The number of ether oxygens (including phenoxy) is 1.